The van der Waals surface area contributed by atoms with Gasteiger partial charge in [0.2, 0.25) is 5.91 Å². The summed E-state index contributed by atoms with van der Waals surface area (Å²) in [5.41, 5.74) is 0.881. The van der Waals surface area contributed by atoms with Gasteiger partial charge in [-0.2, -0.15) is 0 Å². The molecule has 3 heterocycles. The molecule has 4 rings (SSSR count). The van der Waals surface area contributed by atoms with E-state index in [1.54, 1.807) is 17.2 Å². The van der Waals surface area contributed by atoms with E-state index in [9.17, 15) is 14.0 Å². The molecule has 1 aromatic heterocycles. The second kappa shape index (κ2) is 7.43. The third-order valence-corrected chi connectivity index (χ3v) is 5.02. The molecular weight excluding hydrogens is 353 g/mol. The highest BCUT2D eigenvalue weighted by Gasteiger charge is 2.37. The van der Waals surface area contributed by atoms with Crippen LogP contribution >= 0.6 is 0 Å². The van der Waals surface area contributed by atoms with E-state index in [2.05, 4.69) is 15.6 Å². The van der Waals surface area contributed by atoms with Gasteiger partial charge in [0, 0.05) is 26.1 Å². The van der Waals surface area contributed by atoms with Crippen LogP contribution in [0.15, 0.2) is 30.5 Å². The van der Waals surface area contributed by atoms with Crippen LogP contribution in [0.1, 0.15) is 34.9 Å². The second-order valence-electron chi connectivity index (χ2n) is 6.70. The molecule has 8 nitrogen and oxygen atoms in total. The van der Waals surface area contributed by atoms with Gasteiger partial charge in [0.15, 0.2) is 0 Å². The number of halogens is 1. The summed E-state index contributed by atoms with van der Waals surface area (Å²) in [6.45, 7) is 1.75. The third kappa shape index (κ3) is 3.55. The van der Waals surface area contributed by atoms with Gasteiger partial charge >= 0.3 is 0 Å². The molecule has 27 heavy (non-hydrogen) atoms. The van der Waals surface area contributed by atoms with Gasteiger partial charge < -0.3 is 15.0 Å². The topological polar surface area (TPSA) is 89.3 Å². The molecule has 0 unspecified atom stereocenters. The van der Waals surface area contributed by atoms with Crippen LogP contribution in [0.3, 0.4) is 0 Å². The van der Waals surface area contributed by atoms with Gasteiger partial charge in [-0.05, 0) is 18.6 Å². The largest absolute Gasteiger partial charge is 0.370 e. The number of carbonyl (C=O) groups is 2. The maximum atomic E-state index is 13.6. The summed E-state index contributed by atoms with van der Waals surface area (Å²) in [6.07, 6.45) is 2.60. The molecule has 0 aliphatic carbocycles. The average Bonchev–Trinajstić information content (AvgIpc) is 3.17. The fraction of sp³-hybridized carbons (Fsp3) is 0.444. The van der Waals surface area contributed by atoms with Crippen LogP contribution < -0.4 is 5.32 Å². The summed E-state index contributed by atoms with van der Waals surface area (Å²) >= 11 is 0. The molecule has 2 aliphatic rings. The normalized spacial score (nSPS) is 21.3. The molecule has 1 fully saturated rings. The van der Waals surface area contributed by atoms with E-state index in [0.29, 0.717) is 19.7 Å². The number of piperidine rings is 1. The van der Waals surface area contributed by atoms with Gasteiger partial charge in [0.05, 0.1) is 36.2 Å². The first-order valence-electron chi connectivity index (χ1n) is 8.94. The number of nitrogens with one attached hydrogen (secondary N) is 1. The minimum absolute atomic E-state index is 0.0242. The van der Waals surface area contributed by atoms with Crippen LogP contribution in [-0.2, 0) is 16.1 Å². The minimum Gasteiger partial charge on any atom is -0.370 e. The number of hydrogen-bond donors (Lipinski definition) is 1. The number of benzene rings is 1. The zero-order valence-electron chi connectivity index (χ0n) is 14.7. The lowest BCUT2D eigenvalue weighted by atomic mass is 10.00. The summed E-state index contributed by atoms with van der Waals surface area (Å²) in [6, 6.07) is 5.72. The Bertz CT molecular complexity index is 855. The molecule has 2 aliphatic heterocycles. The van der Waals surface area contributed by atoms with Crippen LogP contribution in [-0.4, -0.2) is 57.4 Å². The average molecular weight is 373 g/mol. The first kappa shape index (κ1) is 17.6. The summed E-state index contributed by atoms with van der Waals surface area (Å²) in [7, 11) is 0. The summed E-state index contributed by atoms with van der Waals surface area (Å²) in [5.74, 6) is -1.16. The first-order chi connectivity index (χ1) is 13.1. The van der Waals surface area contributed by atoms with Gasteiger partial charge in [-0.15, -0.1) is 5.10 Å². The van der Waals surface area contributed by atoms with Crippen LogP contribution in [0.2, 0.25) is 0 Å². The van der Waals surface area contributed by atoms with Crippen molar-refractivity contribution in [2.75, 3.05) is 19.6 Å². The Labute approximate surface area is 155 Å². The number of nitrogens with zero attached hydrogens (tertiary/aromatic N) is 4. The van der Waals surface area contributed by atoms with Crippen molar-refractivity contribution in [2.24, 2.45) is 0 Å². The molecule has 142 valence electrons. The molecule has 9 heteroatoms. The Balaban J connectivity index is 1.31. The Morgan fingerprint density at radius 1 is 1.33 bits per heavy atom. The van der Waals surface area contributed by atoms with Crippen molar-refractivity contribution in [1.82, 2.24) is 25.2 Å². The predicted octanol–water partition coefficient (Wildman–Crippen LogP) is 0.910. The summed E-state index contributed by atoms with van der Waals surface area (Å²) in [5, 5.41) is 10.6. The fourth-order valence-corrected chi connectivity index (χ4v) is 3.59. The minimum atomic E-state index is -0.579. The molecule has 0 bridgehead atoms. The lowest BCUT2D eigenvalue weighted by molar-refractivity contribution is -0.137. The molecular formula is C18H20FN5O3. The Morgan fingerprint density at radius 3 is 3.04 bits per heavy atom. The second-order valence-corrected chi connectivity index (χ2v) is 6.70. The van der Waals surface area contributed by atoms with E-state index >= 15 is 0 Å². The number of ether oxygens (including phenoxy) is 1. The molecule has 1 saturated heterocycles. The summed E-state index contributed by atoms with van der Waals surface area (Å²) < 4.78 is 21.3. The van der Waals surface area contributed by atoms with Crippen molar-refractivity contribution in [3.8, 4) is 0 Å². The lowest BCUT2D eigenvalue weighted by Gasteiger charge is -2.41. The quantitative estimate of drug-likeness (QED) is 0.861. The molecule has 1 N–H and O–H groups in total. The maximum absolute atomic E-state index is 13.6. The van der Waals surface area contributed by atoms with Crippen molar-refractivity contribution < 1.29 is 18.7 Å². The van der Waals surface area contributed by atoms with Gasteiger partial charge in [-0.1, -0.05) is 17.3 Å². The van der Waals surface area contributed by atoms with Gasteiger partial charge in [0.25, 0.3) is 5.91 Å². The summed E-state index contributed by atoms with van der Waals surface area (Å²) in [4.78, 5) is 26.3. The molecule has 0 saturated carbocycles. The number of likely N-dealkylation sites (tertiary alicyclic amines) is 1. The number of aromatic nitrogens is 3. The van der Waals surface area contributed by atoms with Crippen LogP contribution in [0.4, 0.5) is 4.39 Å². The van der Waals surface area contributed by atoms with Gasteiger partial charge in [-0.25, -0.2) is 9.07 Å². The molecule has 2 atom stereocenters. The highest BCUT2D eigenvalue weighted by atomic mass is 19.1. The Hall–Kier alpha value is -2.81. The molecule has 0 radical (unpaired) electrons. The SMILES string of the molecule is O=C(NCCC(=O)N1CC[C@H]2OCc3cnnn3[C@@H]2C1)c1ccccc1F. The number of rotatable bonds is 4. The maximum Gasteiger partial charge on any atom is 0.254 e. The zero-order valence-corrected chi connectivity index (χ0v) is 14.7. The predicted molar refractivity (Wildman–Crippen MR) is 92.2 cm³/mol. The number of fused-ring (bicyclic) bond motifs is 3. The Morgan fingerprint density at radius 2 is 2.19 bits per heavy atom. The fourth-order valence-electron chi connectivity index (χ4n) is 3.59. The molecule has 2 amide bonds. The lowest BCUT2D eigenvalue weighted by Crippen LogP contribution is -2.50. The first-order valence-corrected chi connectivity index (χ1v) is 8.94. The highest BCUT2D eigenvalue weighted by molar-refractivity contribution is 5.94. The molecule has 2 aromatic rings. The number of amides is 2. The van der Waals surface area contributed by atoms with E-state index < -0.39 is 11.7 Å². The van der Waals surface area contributed by atoms with Crippen LogP contribution in [0.5, 0.6) is 0 Å². The zero-order chi connectivity index (χ0) is 18.8. The van der Waals surface area contributed by atoms with E-state index in [0.717, 1.165) is 12.1 Å². The van der Waals surface area contributed by atoms with Crippen molar-refractivity contribution in [3.63, 3.8) is 0 Å². The standard InChI is InChI=1S/C18H20FN5O3/c19-14-4-2-1-3-13(14)18(26)20-7-5-17(25)23-8-6-16-15(10-23)24-12(11-27-16)9-21-22-24/h1-4,9,15-16H,5-8,10-11H2,(H,20,26)/t15-,16-/m1/s1. The van der Waals surface area contributed by atoms with Crippen molar-refractivity contribution in [1.29, 1.82) is 0 Å². The molecule has 1 aromatic carbocycles. The smallest absolute Gasteiger partial charge is 0.254 e. The highest BCUT2D eigenvalue weighted by Crippen LogP contribution is 2.30. The van der Waals surface area contributed by atoms with Crippen molar-refractivity contribution in [2.45, 2.75) is 31.6 Å². The van der Waals surface area contributed by atoms with Gasteiger partial charge in [-0.3, -0.25) is 9.59 Å². The van der Waals surface area contributed by atoms with Crippen molar-refractivity contribution in [3.05, 3.63) is 47.5 Å². The van der Waals surface area contributed by atoms with E-state index in [1.807, 2.05) is 4.68 Å². The monoisotopic (exact) mass is 373 g/mol. The number of carbonyl (C=O) groups excluding carboxylic acids is 2. The number of hydrogen-bond acceptors (Lipinski definition) is 5. The van der Waals surface area contributed by atoms with Crippen molar-refractivity contribution >= 4 is 11.8 Å². The van der Waals surface area contributed by atoms with E-state index in [1.165, 1.54) is 18.2 Å². The van der Waals surface area contributed by atoms with Gasteiger partial charge in [0.1, 0.15) is 5.82 Å². The Kier molecular flexibility index (Phi) is 4.85. The van der Waals surface area contributed by atoms with E-state index in [4.69, 9.17) is 4.74 Å². The van der Waals surface area contributed by atoms with Crippen LogP contribution in [0.25, 0.3) is 0 Å². The molecule has 0 spiro atoms. The van der Waals surface area contributed by atoms with E-state index in [-0.39, 0.29) is 36.6 Å². The van der Waals surface area contributed by atoms with Crippen LogP contribution in [0, 0.1) is 5.82 Å². The third-order valence-electron chi connectivity index (χ3n) is 5.02.